The molecule has 1 aliphatic carbocycles. The SMILES string of the molecule is CCNC(=O)[C@H]1O[C@@H](n2cnc3c(N)nc(C#CC[C@H]4CC[C@H](COC(=O)OCc5ccccc5)CC4)nc32)C(O)[C@H]1O. The number of fused-ring (bicyclic) bond motifs is 1. The van der Waals surface area contributed by atoms with Crippen molar-refractivity contribution in [2.24, 2.45) is 11.8 Å². The van der Waals surface area contributed by atoms with E-state index in [9.17, 15) is 19.8 Å². The highest BCUT2D eigenvalue weighted by Crippen LogP contribution is 2.33. The van der Waals surface area contributed by atoms with Crippen molar-refractivity contribution in [3.8, 4) is 11.8 Å². The topological polar surface area (TPSA) is 184 Å². The number of nitrogen functional groups attached to an aromatic ring is 1. The zero-order valence-corrected chi connectivity index (χ0v) is 23.9. The maximum absolute atomic E-state index is 12.3. The lowest BCUT2D eigenvalue weighted by atomic mass is 9.81. The van der Waals surface area contributed by atoms with E-state index in [-0.39, 0.29) is 23.9 Å². The van der Waals surface area contributed by atoms with Gasteiger partial charge in [-0.3, -0.25) is 9.36 Å². The molecule has 5 rings (SSSR count). The number of nitrogens with one attached hydrogen (secondary N) is 1. The monoisotopic (exact) mass is 592 g/mol. The molecule has 3 heterocycles. The number of rotatable bonds is 8. The number of nitrogens with zero attached hydrogens (tertiary/aromatic N) is 4. The highest BCUT2D eigenvalue weighted by Gasteiger charge is 2.47. The van der Waals surface area contributed by atoms with E-state index in [1.807, 2.05) is 30.3 Å². The molecule has 0 bridgehead atoms. The van der Waals surface area contributed by atoms with Gasteiger partial charge in [0.1, 0.15) is 24.3 Å². The minimum absolute atomic E-state index is 0.115. The van der Waals surface area contributed by atoms with E-state index in [2.05, 4.69) is 32.1 Å². The maximum atomic E-state index is 12.3. The third-order valence-electron chi connectivity index (χ3n) is 7.76. The molecule has 2 aliphatic rings. The molecule has 1 saturated carbocycles. The van der Waals surface area contributed by atoms with Crippen LogP contribution in [-0.2, 0) is 25.6 Å². The number of hydrogen-bond donors (Lipinski definition) is 4. The van der Waals surface area contributed by atoms with Crippen LogP contribution in [0.25, 0.3) is 11.2 Å². The van der Waals surface area contributed by atoms with Gasteiger partial charge in [-0.15, -0.1) is 0 Å². The van der Waals surface area contributed by atoms with Crippen molar-refractivity contribution >= 4 is 29.0 Å². The van der Waals surface area contributed by atoms with E-state index in [1.54, 1.807) is 6.92 Å². The predicted molar refractivity (Wildman–Crippen MR) is 154 cm³/mol. The fourth-order valence-corrected chi connectivity index (χ4v) is 5.38. The van der Waals surface area contributed by atoms with Gasteiger partial charge in [-0.1, -0.05) is 36.3 Å². The van der Waals surface area contributed by atoms with Crippen LogP contribution in [0, 0.1) is 23.7 Å². The quantitative estimate of drug-likeness (QED) is 0.222. The van der Waals surface area contributed by atoms with Crippen LogP contribution in [0.2, 0.25) is 0 Å². The number of anilines is 1. The molecule has 1 aromatic carbocycles. The Hall–Kier alpha value is -4.25. The molecular weight excluding hydrogens is 556 g/mol. The first-order valence-corrected chi connectivity index (χ1v) is 14.5. The standard InChI is InChI=1S/C30H36N6O7/c1-2-32-28(39)25-23(37)24(38)29(43-25)36-17-33-22-26(31)34-21(35-27(22)36)10-6-9-18-11-13-20(14-12-18)16-42-30(40)41-15-19-7-4-3-5-8-19/h3-5,7-8,17-18,20,23-25,29,37-38H,2,9,11-16H2,1H3,(H,32,39)(H2,31,34,35)/t18-,20-,23-,24?,25+,29-/m1/s1. The molecule has 1 amide bonds. The molecule has 1 saturated heterocycles. The van der Waals surface area contributed by atoms with Crippen molar-refractivity contribution in [1.82, 2.24) is 24.8 Å². The van der Waals surface area contributed by atoms with E-state index < -0.39 is 36.6 Å². The number of imidazole rings is 1. The van der Waals surface area contributed by atoms with E-state index in [0.29, 0.717) is 36.9 Å². The first-order chi connectivity index (χ1) is 20.8. The summed E-state index contributed by atoms with van der Waals surface area (Å²) in [4.78, 5) is 37.2. The second-order valence-corrected chi connectivity index (χ2v) is 10.8. The largest absolute Gasteiger partial charge is 0.508 e. The molecule has 3 aromatic rings. The van der Waals surface area contributed by atoms with Gasteiger partial charge in [-0.2, -0.15) is 0 Å². The van der Waals surface area contributed by atoms with Crippen molar-refractivity contribution in [2.45, 2.75) is 70.2 Å². The smallest absolute Gasteiger partial charge is 0.434 e. The Morgan fingerprint density at radius 1 is 1.09 bits per heavy atom. The maximum Gasteiger partial charge on any atom is 0.508 e. The average molecular weight is 593 g/mol. The van der Waals surface area contributed by atoms with Crippen molar-refractivity contribution in [2.75, 3.05) is 18.9 Å². The Kier molecular flexibility index (Phi) is 9.71. The first kappa shape index (κ1) is 30.2. The number of aromatic nitrogens is 4. The summed E-state index contributed by atoms with van der Waals surface area (Å²) in [6.45, 7) is 2.63. The van der Waals surface area contributed by atoms with Crippen LogP contribution in [0.3, 0.4) is 0 Å². The summed E-state index contributed by atoms with van der Waals surface area (Å²) in [5.41, 5.74) is 7.59. The highest BCUT2D eigenvalue weighted by molar-refractivity contribution is 5.83. The van der Waals surface area contributed by atoms with Crippen molar-refractivity contribution in [1.29, 1.82) is 0 Å². The lowest BCUT2D eigenvalue weighted by molar-refractivity contribution is -0.137. The summed E-state index contributed by atoms with van der Waals surface area (Å²) >= 11 is 0. The van der Waals surface area contributed by atoms with Gasteiger partial charge in [-0.25, -0.2) is 19.7 Å². The summed E-state index contributed by atoms with van der Waals surface area (Å²) in [6.07, 6.45) is -0.0135. The fourth-order valence-electron chi connectivity index (χ4n) is 5.38. The number of likely N-dealkylation sites (N-methyl/N-ethyl adjacent to an activating group) is 1. The van der Waals surface area contributed by atoms with Crippen molar-refractivity contribution in [3.63, 3.8) is 0 Å². The van der Waals surface area contributed by atoms with Gasteiger partial charge < -0.3 is 35.5 Å². The summed E-state index contributed by atoms with van der Waals surface area (Å²) in [5, 5.41) is 23.6. The molecule has 2 fully saturated rings. The number of hydrogen-bond acceptors (Lipinski definition) is 11. The van der Waals surface area contributed by atoms with Gasteiger partial charge in [-0.05, 0) is 55.9 Å². The molecule has 1 aliphatic heterocycles. The third kappa shape index (κ3) is 7.22. The summed E-state index contributed by atoms with van der Waals surface area (Å²) < 4.78 is 17.6. The van der Waals surface area contributed by atoms with Crippen LogP contribution < -0.4 is 11.1 Å². The van der Waals surface area contributed by atoms with Crippen LogP contribution in [0.5, 0.6) is 0 Å². The number of amides is 1. The normalized spacial score (nSPS) is 25.1. The Morgan fingerprint density at radius 2 is 1.84 bits per heavy atom. The molecule has 43 heavy (non-hydrogen) atoms. The molecule has 228 valence electrons. The summed E-state index contributed by atoms with van der Waals surface area (Å²) in [7, 11) is 0. The fraction of sp³-hybridized carbons (Fsp3) is 0.500. The Bertz CT molecular complexity index is 1480. The van der Waals surface area contributed by atoms with E-state index in [0.717, 1.165) is 31.2 Å². The molecular formula is C30H36N6O7. The minimum atomic E-state index is -1.43. The number of carbonyl (C=O) groups excluding carboxylic acids is 2. The van der Waals surface area contributed by atoms with Gasteiger partial charge in [0.25, 0.3) is 5.91 Å². The van der Waals surface area contributed by atoms with Gasteiger partial charge in [0.15, 0.2) is 23.8 Å². The number of carbonyl (C=O) groups is 2. The first-order valence-electron chi connectivity index (χ1n) is 14.5. The number of aliphatic hydroxyl groups is 2. The van der Waals surface area contributed by atoms with E-state index >= 15 is 0 Å². The minimum Gasteiger partial charge on any atom is -0.434 e. The highest BCUT2D eigenvalue weighted by atomic mass is 16.7. The van der Waals surface area contributed by atoms with Crippen LogP contribution in [-0.4, -0.2) is 73.3 Å². The number of nitrogens with two attached hydrogens (primary N) is 1. The summed E-state index contributed by atoms with van der Waals surface area (Å²) in [5.74, 6) is 6.60. The van der Waals surface area contributed by atoms with Crippen LogP contribution in [0.1, 0.15) is 56.6 Å². The van der Waals surface area contributed by atoms with E-state index in [4.69, 9.17) is 19.9 Å². The molecule has 13 nitrogen and oxygen atoms in total. The Labute approximate surface area is 248 Å². The Balaban J connectivity index is 1.13. The van der Waals surface area contributed by atoms with Crippen LogP contribution >= 0.6 is 0 Å². The van der Waals surface area contributed by atoms with Crippen LogP contribution in [0.4, 0.5) is 10.6 Å². The number of aliphatic hydroxyl groups excluding tert-OH is 2. The van der Waals surface area contributed by atoms with Gasteiger partial charge in [0.2, 0.25) is 5.82 Å². The number of benzene rings is 1. The van der Waals surface area contributed by atoms with Crippen molar-refractivity contribution < 1.29 is 34.0 Å². The molecule has 0 spiro atoms. The second-order valence-electron chi connectivity index (χ2n) is 10.8. The lowest BCUT2D eigenvalue weighted by Gasteiger charge is -2.26. The molecule has 4 atom stereocenters. The lowest BCUT2D eigenvalue weighted by Crippen LogP contribution is -2.42. The molecule has 0 radical (unpaired) electrons. The zero-order valence-electron chi connectivity index (χ0n) is 23.9. The van der Waals surface area contributed by atoms with Crippen LogP contribution in [0.15, 0.2) is 36.7 Å². The third-order valence-corrected chi connectivity index (χ3v) is 7.76. The molecule has 1 unspecified atom stereocenters. The van der Waals surface area contributed by atoms with Gasteiger partial charge >= 0.3 is 6.16 Å². The van der Waals surface area contributed by atoms with E-state index in [1.165, 1.54) is 10.9 Å². The summed E-state index contributed by atoms with van der Waals surface area (Å²) in [6, 6.07) is 9.46. The predicted octanol–water partition coefficient (Wildman–Crippen LogP) is 2.07. The van der Waals surface area contributed by atoms with Gasteiger partial charge in [0.05, 0.1) is 12.9 Å². The molecule has 13 heteroatoms. The van der Waals surface area contributed by atoms with Crippen molar-refractivity contribution in [3.05, 3.63) is 48.0 Å². The number of ether oxygens (including phenoxy) is 3. The Morgan fingerprint density at radius 3 is 2.58 bits per heavy atom. The second kappa shape index (κ2) is 13.8. The molecule has 5 N–H and O–H groups in total. The zero-order chi connectivity index (χ0) is 30.3. The average Bonchev–Trinajstić information content (AvgIpc) is 3.57. The molecule has 2 aromatic heterocycles. The van der Waals surface area contributed by atoms with Gasteiger partial charge in [0, 0.05) is 13.0 Å².